The number of nitrogens with zero attached hydrogens (tertiary/aromatic N) is 1. The molecule has 0 aromatic heterocycles. The number of carboxylic acids is 1. The summed E-state index contributed by atoms with van der Waals surface area (Å²) in [6, 6.07) is 10.7. The topological polar surface area (TPSA) is 70.3 Å². The molecule has 1 aliphatic carbocycles. The van der Waals surface area contributed by atoms with Crippen LogP contribution in [0.15, 0.2) is 30.3 Å². The van der Waals surface area contributed by atoms with Gasteiger partial charge in [0.05, 0.1) is 19.3 Å². The largest absolute Gasteiger partial charge is 0.480 e. The van der Waals surface area contributed by atoms with Crippen molar-refractivity contribution in [2.75, 3.05) is 6.61 Å². The molecule has 4 nitrogen and oxygen atoms in total. The van der Waals surface area contributed by atoms with Crippen molar-refractivity contribution >= 4 is 5.97 Å². The van der Waals surface area contributed by atoms with Crippen molar-refractivity contribution in [3.63, 3.8) is 0 Å². The lowest BCUT2D eigenvalue weighted by atomic mass is 10.1. The normalized spacial score (nSPS) is 29.6. The Morgan fingerprint density at radius 3 is 2.67 bits per heavy atom. The highest BCUT2D eigenvalue weighted by Crippen LogP contribution is 2.59. The van der Waals surface area contributed by atoms with Gasteiger partial charge in [0, 0.05) is 6.42 Å². The van der Waals surface area contributed by atoms with Crippen molar-refractivity contribution < 1.29 is 19.0 Å². The summed E-state index contributed by atoms with van der Waals surface area (Å²) in [6.07, 6.45) is -0.305. The first kappa shape index (κ1) is 12.5. The highest BCUT2D eigenvalue weighted by atomic mass is 19.1. The van der Waals surface area contributed by atoms with E-state index in [9.17, 15) is 9.18 Å². The fraction of sp³-hybridized carbons (Fsp3) is 0.385. The number of carboxylic acid groups (broad SMARTS) is 1. The second kappa shape index (κ2) is 4.39. The predicted molar refractivity (Wildman–Crippen MR) is 60.2 cm³/mol. The third-order valence-electron chi connectivity index (χ3n) is 3.18. The Labute approximate surface area is 104 Å². The Morgan fingerprint density at radius 1 is 1.50 bits per heavy atom. The molecule has 1 fully saturated rings. The quantitative estimate of drug-likeness (QED) is 0.865. The number of ether oxygens (including phenoxy) is 1. The van der Waals surface area contributed by atoms with Crippen molar-refractivity contribution in [1.29, 1.82) is 5.26 Å². The number of alkyl halides is 1. The summed E-state index contributed by atoms with van der Waals surface area (Å²) in [6.45, 7) is -0.171. The van der Waals surface area contributed by atoms with E-state index in [0.29, 0.717) is 0 Å². The lowest BCUT2D eigenvalue weighted by molar-refractivity contribution is -0.143. The van der Waals surface area contributed by atoms with Crippen LogP contribution < -0.4 is 0 Å². The van der Waals surface area contributed by atoms with Gasteiger partial charge < -0.3 is 9.84 Å². The Morgan fingerprint density at radius 2 is 2.17 bits per heavy atom. The molecule has 18 heavy (non-hydrogen) atoms. The van der Waals surface area contributed by atoms with Crippen LogP contribution in [0.5, 0.6) is 0 Å². The van der Waals surface area contributed by atoms with Gasteiger partial charge in [-0.25, -0.2) is 4.39 Å². The Kier molecular flexibility index (Phi) is 3.05. The minimum atomic E-state index is -2.07. The zero-order valence-corrected chi connectivity index (χ0v) is 9.60. The molecule has 1 saturated carbocycles. The molecule has 2 unspecified atom stereocenters. The molecule has 0 radical (unpaired) electrons. The number of halogens is 1. The van der Waals surface area contributed by atoms with E-state index in [1.54, 1.807) is 0 Å². The van der Waals surface area contributed by atoms with Crippen LogP contribution in [0.3, 0.4) is 0 Å². The summed E-state index contributed by atoms with van der Waals surface area (Å²) in [4.78, 5) is 10.8. The number of hydrogen-bond donors (Lipinski definition) is 1. The summed E-state index contributed by atoms with van der Waals surface area (Å²) < 4.78 is 19.2. The third-order valence-corrected chi connectivity index (χ3v) is 3.18. The second-order valence-corrected chi connectivity index (χ2v) is 4.44. The molecule has 2 rings (SSSR count). The van der Waals surface area contributed by atoms with E-state index in [-0.39, 0.29) is 19.6 Å². The van der Waals surface area contributed by atoms with Gasteiger partial charge in [0.15, 0.2) is 11.1 Å². The summed E-state index contributed by atoms with van der Waals surface area (Å²) in [5.74, 6) is -1.42. The molecule has 0 bridgehead atoms. The summed E-state index contributed by atoms with van der Waals surface area (Å²) in [7, 11) is 0. The van der Waals surface area contributed by atoms with Crippen LogP contribution in [0.4, 0.5) is 4.39 Å². The number of rotatable bonds is 5. The highest BCUT2D eigenvalue weighted by molar-refractivity contribution is 5.84. The number of nitriles is 1. The van der Waals surface area contributed by atoms with E-state index < -0.39 is 17.1 Å². The highest BCUT2D eigenvalue weighted by Gasteiger charge is 2.76. The molecule has 1 aliphatic rings. The van der Waals surface area contributed by atoms with E-state index in [4.69, 9.17) is 15.1 Å². The van der Waals surface area contributed by atoms with Crippen molar-refractivity contribution in [2.45, 2.75) is 18.7 Å². The van der Waals surface area contributed by atoms with Gasteiger partial charge in [-0.05, 0) is 5.56 Å². The van der Waals surface area contributed by atoms with Gasteiger partial charge in [-0.3, -0.25) is 4.79 Å². The fourth-order valence-electron chi connectivity index (χ4n) is 1.91. The Hall–Kier alpha value is -1.93. The van der Waals surface area contributed by atoms with Gasteiger partial charge in [-0.2, -0.15) is 5.26 Å². The minimum absolute atomic E-state index is 0.202. The predicted octanol–water partition coefficient (Wildman–Crippen LogP) is 1.91. The van der Waals surface area contributed by atoms with Gasteiger partial charge >= 0.3 is 5.97 Å². The first-order valence-electron chi connectivity index (χ1n) is 5.49. The molecule has 0 saturated heterocycles. The van der Waals surface area contributed by atoms with Gasteiger partial charge in [-0.1, -0.05) is 30.3 Å². The number of aliphatic carboxylic acids is 1. The molecule has 1 aromatic rings. The molecule has 2 atom stereocenters. The summed E-state index contributed by atoms with van der Waals surface area (Å²) in [5, 5.41) is 17.6. The van der Waals surface area contributed by atoms with Crippen molar-refractivity contribution in [2.24, 2.45) is 5.41 Å². The molecule has 0 aliphatic heterocycles. The average Bonchev–Trinajstić information content (AvgIpc) is 2.98. The van der Waals surface area contributed by atoms with E-state index in [0.717, 1.165) is 5.56 Å². The molecular weight excluding hydrogens is 237 g/mol. The van der Waals surface area contributed by atoms with E-state index in [2.05, 4.69) is 0 Å². The third kappa shape index (κ3) is 1.95. The van der Waals surface area contributed by atoms with Crippen LogP contribution in [-0.2, 0) is 16.1 Å². The van der Waals surface area contributed by atoms with E-state index in [1.165, 1.54) is 6.07 Å². The fourth-order valence-corrected chi connectivity index (χ4v) is 1.91. The van der Waals surface area contributed by atoms with Crippen LogP contribution in [0.25, 0.3) is 0 Å². The Bertz CT molecular complexity index is 499. The van der Waals surface area contributed by atoms with Crippen LogP contribution in [-0.4, -0.2) is 23.4 Å². The number of benzene rings is 1. The Balaban J connectivity index is 1.89. The van der Waals surface area contributed by atoms with Crippen LogP contribution in [0, 0.1) is 16.7 Å². The zero-order valence-electron chi connectivity index (χ0n) is 9.60. The average molecular weight is 249 g/mol. The monoisotopic (exact) mass is 249 g/mol. The SMILES string of the molecule is N#CC1(C(=O)O)CC1(F)COCc1ccccc1. The second-order valence-electron chi connectivity index (χ2n) is 4.44. The van der Waals surface area contributed by atoms with Crippen LogP contribution in [0.2, 0.25) is 0 Å². The maximum absolute atomic E-state index is 14.0. The van der Waals surface area contributed by atoms with Crippen LogP contribution >= 0.6 is 0 Å². The molecule has 1 aromatic carbocycles. The maximum atomic E-state index is 14.0. The van der Waals surface area contributed by atoms with Crippen molar-refractivity contribution in [1.82, 2.24) is 0 Å². The maximum Gasteiger partial charge on any atom is 0.327 e. The van der Waals surface area contributed by atoms with Gasteiger partial charge in [0.1, 0.15) is 0 Å². The standard InChI is InChI=1S/C13H12FNO3/c14-13(7-12(13,8-15)11(16)17)9-18-6-10-4-2-1-3-5-10/h1-5H,6-7,9H2,(H,16,17). The zero-order chi connectivity index (χ0) is 13.2. The number of hydrogen-bond acceptors (Lipinski definition) is 3. The first-order valence-corrected chi connectivity index (χ1v) is 5.49. The van der Waals surface area contributed by atoms with Crippen LogP contribution in [0.1, 0.15) is 12.0 Å². The molecular formula is C13H12FNO3. The lowest BCUT2D eigenvalue weighted by Crippen LogP contribution is -2.27. The molecule has 94 valence electrons. The van der Waals surface area contributed by atoms with Gasteiger partial charge in [0.2, 0.25) is 0 Å². The summed E-state index contributed by atoms with van der Waals surface area (Å²) in [5.41, 5.74) is -3.12. The smallest absolute Gasteiger partial charge is 0.327 e. The van der Waals surface area contributed by atoms with E-state index >= 15 is 0 Å². The summed E-state index contributed by atoms with van der Waals surface area (Å²) >= 11 is 0. The lowest BCUT2D eigenvalue weighted by Gasteiger charge is -2.10. The molecule has 0 amide bonds. The molecule has 1 N–H and O–H groups in total. The molecule has 0 heterocycles. The number of carbonyl (C=O) groups is 1. The molecule has 0 spiro atoms. The van der Waals surface area contributed by atoms with E-state index in [1.807, 2.05) is 30.3 Å². The van der Waals surface area contributed by atoms with Gasteiger partial charge in [-0.15, -0.1) is 0 Å². The van der Waals surface area contributed by atoms with Crippen molar-refractivity contribution in [3.05, 3.63) is 35.9 Å². The molecule has 5 heteroatoms. The first-order chi connectivity index (χ1) is 8.54. The minimum Gasteiger partial charge on any atom is -0.480 e. The van der Waals surface area contributed by atoms with Gasteiger partial charge in [0.25, 0.3) is 0 Å². The van der Waals surface area contributed by atoms with Crippen molar-refractivity contribution in [3.8, 4) is 6.07 Å².